The summed E-state index contributed by atoms with van der Waals surface area (Å²) in [5.41, 5.74) is 0. The first-order valence-corrected chi connectivity index (χ1v) is 1.34. The Morgan fingerprint density at radius 1 is 0.545 bits per heavy atom. The smallest absolute Gasteiger partial charge is 0 e. The maximum Gasteiger partial charge on any atom is 0 e. The molecule has 83 valence electrons. The van der Waals surface area contributed by atoms with Crippen LogP contribution < -0.4 is 0 Å². The Labute approximate surface area is 119 Å². The summed E-state index contributed by atoms with van der Waals surface area (Å²) in [4.78, 5) is 2.00. The molecule has 0 aliphatic heterocycles. The molecule has 0 N–H and O–H groups in total. The van der Waals surface area contributed by atoms with Gasteiger partial charge < -0.3 is 4.90 Å². The number of hydrogen-bond acceptors (Lipinski definition) is 1. The van der Waals surface area contributed by atoms with Gasteiger partial charge in [-0.15, -0.1) is 74.4 Å². The van der Waals surface area contributed by atoms with Gasteiger partial charge in [0.15, 0.2) is 0 Å². The summed E-state index contributed by atoms with van der Waals surface area (Å²) in [6.45, 7) is 0. The van der Waals surface area contributed by atoms with Crippen molar-refractivity contribution in [3.8, 4) is 0 Å². The van der Waals surface area contributed by atoms with E-state index < -0.39 is 0 Å². The molecule has 11 heavy (non-hydrogen) atoms. The Balaban J connectivity index is -0.00000000214. The van der Waals surface area contributed by atoms with Crippen molar-refractivity contribution in [2.45, 2.75) is 0 Å². The molecule has 0 aromatic rings. The molecule has 0 saturated heterocycles. The molecule has 0 rings (SSSR count). The van der Waals surface area contributed by atoms with Crippen LogP contribution in [-0.2, 0) is 19.5 Å². The molecule has 0 aliphatic carbocycles. The Morgan fingerprint density at radius 2 is 0.545 bits per heavy atom. The predicted molar refractivity (Wildman–Crippen MR) is 63.1 cm³/mol. The van der Waals surface area contributed by atoms with Gasteiger partial charge >= 0.3 is 0 Å². The molecule has 0 aromatic heterocycles. The van der Waals surface area contributed by atoms with Crippen molar-refractivity contribution in [2.24, 2.45) is 0 Å². The average molecular weight is 381 g/mol. The zero-order valence-corrected chi connectivity index (χ0v) is 12.8. The van der Waals surface area contributed by atoms with E-state index in [9.17, 15) is 0 Å². The fourth-order valence-electron chi connectivity index (χ4n) is 0. The molecule has 8 heteroatoms. The van der Waals surface area contributed by atoms with Gasteiger partial charge in [-0.2, -0.15) is 0 Å². The van der Waals surface area contributed by atoms with E-state index in [4.69, 9.17) is 0 Å². The van der Waals surface area contributed by atoms with E-state index in [-0.39, 0.29) is 93.9 Å². The molecule has 0 unspecified atom stereocenters. The van der Waals surface area contributed by atoms with Gasteiger partial charge in [-0.05, 0) is 21.1 Å². The van der Waals surface area contributed by atoms with Crippen molar-refractivity contribution >= 4 is 74.4 Å². The maximum absolute atomic E-state index is 2.00. The van der Waals surface area contributed by atoms with Crippen molar-refractivity contribution in [3.63, 3.8) is 0 Å². The van der Waals surface area contributed by atoms with E-state index in [0.29, 0.717) is 0 Å². The van der Waals surface area contributed by atoms with Crippen LogP contribution >= 0.6 is 74.4 Å². The number of hydrogen-bond donors (Lipinski definition) is 0. The van der Waals surface area contributed by atoms with E-state index in [1.165, 1.54) is 0 Å². The van der Waals surface area contributed by atoms with Gasteiger partial charge in [0.05, 0.1) is 0 Å². The summed E-state index contributed by atoms with van der Waals surface area (Å²) in [7, 11) is 6.00. The third-order valence-corrected chi connectivity index (χ3v) is 0. The van der Waals surface area contributed by atoms with E-state index in [2.05, 4.69) is 0 Å². The second-order valence-electron chi connectivity index (χ2n) is 1.34. The van der Waals surface area contributed by atoms with Crippen LogP contribution in [0.15, 0.2) is 0 Å². The molecule has 0 fully saturated rings. The van der Waals surface area contributed by atoms with Crippen LogP contribution in [0.25, 0.3) is 0 Å². The minimum absolute atomic E-state index is 0. The Hall–Kier alpha value is 2.32. The summed E-state index contributed by atoms with van der Waals surface area (Å²) in [5, 5.41) is 0. The Morgan fingerprint density at radius 3 is 0.545 bits per heavy atom. The van der Waals surface area contributed by atoms with Crippen molar-refractivity contribution in [1.82, 2.24) is 4.90 Å². The van der Waals surface area contributed by atoms with E-state index in [1.54, 1.807) is 0 Å². The molecule has 0 atom stereocenters. The predicted octanol–water partition coefficient (Wildman–Crippen LogP) is 2.71. The molecule has 1 radical (unpaired) electrons. The second-order valence-corrected chi connectivity index (χ2v) is 1.34. The van der Waals surface area contributed by atoms with Gasteiger partial charge in [-0.3, -0.25) is 0 Å². The summed E-state index contributed by atoms with van der Waals surface area (Å²) >= 11 is 0. The number of halogens is 6. The van der Waals surface area contributed by atoms with Crippen LogP contribution in [0.5, 0.6) is 0 Å². The van der Waals surface area contributed by atoms with Crippen LogP contribution in [0.2, 0.25) is 0 Å². The van der Waals surface area contributed by atoms with E-state index in [0.717, 1.165) is 0 Å². The van der Waals surface area contributed by atoms with Crippen molar-refractivity contribution in [3.05, 3.63) is 0 Å². The average Bonchev–Trinajstić information content (AvgIpc) is 0.811. The van der Waals surface area contributed by atoms with Crippen molar-refractivity contribution in [1.29, 1.82) is 0 Å². The molecular formula is C3H15Cl6NRh. The normalized spacial score (nSPS) is 3.27. The zero-order chi connectivity index (χ0) is 3.58. The van der Waals surface area contributed by atoms with Crippen molar-refractivity contribution < 1.29 is 19.5 Å². The minimum Gasteiger partial charge on any atom is -0.312 e. The second kappa shape index (κ2) is 55.8. The SMILES string of the molecule is CN(C)C.Cl.Cl.Cl.Cl.Cl.Cl.[Rh]. The first-order chi connectivity index (χ1) is 1.73. The largest absolute Gasteiger partial charge is 0.312 e. The van der Waals surface area contributed by atoms with E-state index in [1.807, 2.05) is 26.0 Å². The summed E-state index contributed by atoms with van der Waals surface area (Å²) in [6.07, 6.45) is 0. The minimum atomic E-state index is 0. The van der Waals surface area contributed by atoms with E-state index >= 15 is 0 Å². The Kier molecular flexibility index (Phi) is 362. The molecule has 0 bridgehead atoms. The van der Waals surface area contributed by atoms with Gasteiger partial charge in [0.25, 0.3) is 0 Å². The van der Waals surface area contributed by atoms with Crippen LogP contribution in [0.4, 0.5) is 0 Å². The summed E-state index contributed by atoms with van der Waals surface area (Å²) < 4.78 is 0. The number of nitrogens with zero attached hydrogens (tertiary/aromatic N) is 1. The van der Waals surface area contributed by atoms with Gasteiger partial charge in [0, 0.05) is 19.5 Å². The fourth-order valence-corrected chi connectivity index (χ4v) is 0. The van der Waals surface area contributed by atoms with Crippen LogP contribution in [0.1, 0.15) is 0 Å². The Bertz CT molecular complexity index is 22.5. The van der Waals surface area contributed by atoms with Crippen LogP contribution in [0.3, 0.4) is 0 Å². The first kappa shape index (κ1) is 71.4. The molecule has 0 aromatic carbocycles. The molecule has 0 spiro atoms. The van der Waals surface area contributed by atoms with Gasteiger partial charge in [0.2, 0.25) is 0 Å². The fraction of sp³-hybridized carbons (Fsp3) is 1.00. The summed E-state index contributed by atoms with van der Waals surface area (Å²) in [6, 6.07) is 0. The standard InChI is InChI=1S/C3H9N.6ClH.Rh/c1-4(2)3;;;;;;;/h1-3H3;6*1H;. The van der Waals surface area contributed by atoms with Gasteiger partial charge in [-0.25, -0.2) is 0 Å². The quantitative estimate of drug-likeness (QED) is 0.584. The first-order valence-electron chi connectivity index (χ1n) is 1.34. The molecule has 0 saturated carbocycles. The van der Waals surface area contributed by atoms with Crippen molar-refractivity contribution in [2.75, 3.05) is 21.1 Å². The molecule has 1 nitrogen and oxygen atoms in total. The molecular weight excluding hydrogens is 366 g/mol. The zero-order valence-electron chi connectivity index (χ0n) is 6.23. The molecule has 0 amide bonds. The topological polar surface area (TPSA) is 3.24 Å². The van der Waals surface area contributed by atoms with Gasteiger partial charge in [-0.1, -0.05) is 0 Å². The van der Waals surface area contributed by atoms with Gasteiger partial charge in [0.1, 0.15) is 0 Å². The summed E-state index contributed by atoms with van der Waals surface area (Å²) in [5.74, 6) is 0. The number of rotatable bonds is 0. The van der Waals surface area contributed by atoms with Crippen LogP contribution in [0, 0.1) is 0 Å². The third-order valence-electron chi connectivity index (χ3n) is 0. The molecule has 0 aliphatic rings. The third kappa shape index (κ3) is 243. The maximum atomic E-state index is 2.00. The van der Waals surface area contributed by atoms with Crippen LogP contribution in [-0.4, -0.2) is 26.0 Å². The monoisotopic (exact) mass is 378 g/mol. The molecule has 0 heterocycles.